The maximum Gasteiger partial charge on any atom is 0.326 e. The second-order valence-corrected chi connectivity index (χ2v) is 5.51. The van der Waals surface area contributed by atoms with E-state index >= 15 is 0 Å². The van der Waals surface area contributed by atoms with Gasteiger partial charge in [0.05, 0.1) is 0 Å². The van der Waals surface area contributed by atoms with Crippen LogP contribution in [0.25, 0.3) is 0 Å². The molecule has 0 aliphatic carbocycles. The van der Waals surface area contributed by atoms with E-state index in [4.69, 9.17) is 5.11 Å². The Morgan fingerprint density at radius 1 is 1.50 bits per heavy atom. The Labute approximate surface area is 120 Å². The number of urea groups is 1. The minimum Gasteiger partial charge on any atom is -0.480 e. The zero-order valence-corrected chi connectivity index (χ0v) is 12.3. The third kappa shape index (κ3) is 5.21. The lowest BCUT2D eigenvalue weighted by Gasteiger charge is -2.20. The molecule has 1 aliphatic heterocycles. The first-order valence-corrected chi connectivity index (χ1v) is 7.06. The molecule has 3 N–H and O–H groups in total. The highest BCUT2D eigenvalue weighted by Gasteiger charge is 2.25. The van der Waals surface area contributed by atoms with Gasteiger partial charge in [0.15, 0.2) is 0 Å². The van der Waals surface area contributed by atoms with E-state index in [1.54, 1.807) is 0 Å². The smallest absolute Gasteiger partial charge is 0.326 e. The number of aliphatic carboxylic acids is 1. The molecule has 0 spiro atoms. The van der Waals surface area contributed by atoms with Crippen molar-refractivity contribution in [1.29, 1.82) is 0 Å². The average molecular weight is 283 g/mol. The first-order chi connectivity index (χ1) is 9.43. The normalized spacial score (nSPS) is 20.6. The van der Waals surface area contributed by atoms with Gasteiger partial charge in [-0.1, -0.05) is 6.08 Å². The molecule has 0 aromatic heterocycles. The van der Waals surface area contributed by atoms with Gasteiger partial charge in [-0.2, -0.15) is 0 Å². The summed E-state index contributed by atoms with van der Waals surface area (Å²) in [4.78, 5) is 25.0. The summed E-state index contributed by atoms with van der Waals surface area (Å²) in [6.07, 6.45) is 2.76. The predicted octanol–water partition coefficient (Wildman–Crippen LogP) is 1.05. The molecule has 20 heavy (non-hydrogen) atoms. The van der Waals surface area contributed by atoms with Crippen molar-refractivity contribution >= 4 is 12.0 Å². The lowest BCUT2D eigenvalue weighted by Crippen LogP contribution is -2.47. The Morgan fingerprint density at radius 2 is 2.20 bits per heavy atom. The second-order valence-electron chi connectivity index (χ2n) is 5.51. The molecule has 1 heterocycles. The largest absolute Gasteiger partial charge is 0.480 e. The van der Waals surface area contributed by atoms with Gasteiger partial charge in [0.25, 0.3) is 0 Å². The van der Waals surface area contributed by atoms with Crippen molar-refractivity contribution in [1.82, 2.24) is 15.5 Å². The topological polar surface area (TPSA) is 81.7 Å². The minimum atomic E-state index is -1.05. The summed E-state index contributed by atoms with van der Waals surface area (Å²) in [6, 6.07) is -0.816. The van der Waals surface area contributed by atoms with Crippen LogP contribution in [0.2, 0.25) is 0 Å². The lowest BCUT2D eigenvalue weighted by atomic mass is 10.1. The number of hydrogen-bond acceptors (Lipinski definition) is 3. The molecule has 2 atom stereocenters. The molecule has 6 heteroatoms. The van der Waals surface area contributed by atoms with Gasteiger partial charge in [-0.3, -0.25) is 0 Å². The van der Waals surface area contributed by atoms with Gasteiger partial charge in [-0.25, -0.2) is 9.59 Å². The van der Waals surface area contributed by atoms with Crippen LogP contribution in [-0.2, 0) is 4.79 Å². The van der Waals surface area contributed by atoms with Crippen molar-refractivity contribution in [3.8, 4) is 0 Å². The number of carbonyl (C=O) groups is 2. The highest BCUT2D eigenvalue weighted by atomic mass is 16.4. The molecule has 6 nitrogen and oxygen atoms in total. The molecule has 1 fully saturated rings. The summed E-state index contributed by atoms with van der Waals surface area (Å²) in [5, 5.41) is 14.1. The van der Waals surface area contributed by atoms with Crippen LogP contribution in [0, 0.1) is 5.92 Å². The fourth-order valence-electron chi connectivity index (χ4n) is 2.33. The summed E-state index contributed by atoms with van der Waals surface area (Å²) >= 11 is 0. The van der Waals surface area contributed by atoms with Crippen molar-refractivity contribution in [2.45, 2.75) is 38.8 Å². The number of hydrogen-bond donors (Lipinski definition) is 3. The van der Waals surface area contributed by atoms with Crippen LogP contribution in [0.1, 0.15) is 26.7 Å². The van der Waals surface area contributed by atoms with Gasteiger partial charge in [0.2, 0.25) is 0 Å². The Hall–Kier alpha value is -1.56. The SMILES string of the molecule is C=CCC(NC(=O)NCC1CCN(C(C)C)C1)C(=O)O. The van der Waals surface area contributed by atoms with Crippen LogP contribution in [0.5, 0.6) is 0 Å². The molecule has 1 rings (SSSR count). The first-order valence-electron chi connectivity index (χ1n) is 7.06. The van der Waals surface area contributed by atoms with E-state index < -0.39 is 18.0 Å². The van der Waals surface area contributed by atoms with Crippen molar-refractivity contribution in [3.05, 3.63) is 12.7 Å². The van der Waals surface area contributed by atoms with E-state index in [0.717, 1.165) is 19.5 Å². The summed E-state index contributed by atoms with van der Waals surface area (Å²) in [6.45, 7) is 10.4. The number of carbonyl (C=O) groups excluding carboxylic acids is 1. The number of carboxylic acids is 1. The highest BCUT2D eigenvalue weighted by Crippen LogP contribution is 2.17. The van der Waals surface area contributed by atoms with E-state index in [1.807, 2.05) is 0 Å². The minimum absolute atomic E-state index is 0.216. The van der Waals surface area contributed by atoms with E-state index in [9.17, 15) is 9.59 Å². The number of nitrogens with zero attached hydrogens (tertiary/aromatic N) is 1. The molecule has 0 aromatic carbocycles. The second kappa shape index (κ2) is 7.89. The standard InChI is InChI=1S/C14H25N3O3/c1-4-5-12(13(18)19)16-14(20)15-8-11-6-7-17(9-11)10(2)3/h4,10-12H,1,5-9H2,2-3H3,(H,18,19)(H2,15,16,20). The van der Waals surface area contributed by atoms with Gasteiger partial charge >= 0.3 is 12.0 Å². The van der Waals surface area contributed by atoms with Gasteiger partial charge in [0, 0.05) is 19.1 Å². The van der Waals surface area contributed by atoms with Crippen molar-refractivity contribution in [3.63, 3.8) is 0 Å². The number of nitrogens with one attached hydrogen (secondary N) is 2. The predicted molar refractivity (Wildman–Crippen MR) is 77.6 cm³/mol. The molecular formula is C14H25N3O3. The molecule has 114 valence electrons. The molecule has 0 radical (unpaired) electrons. The maximum atomic E-state index is 11.7. The first kappa shape index (κ1) is 16.5. The number of rotatable bonds is 7. The molecule has 0 saturated carbocycles. The molecule has 1 saturated heterocycles. The van der Waals surface area contributed by atoms with Gasteiger partial charge in [0.1, 0.15) is 6.04 Å². The zero-order valence-electron chi connectivity index (χ0n) is 12.3. The van der Waals surface area contributed by atoms with E-state index in [2.05, 4.69) is 36.0 Å². The van der Waals surface area contributed by atoms with Gasteiger partial charge in [-0.05, 0) is 39.2 Å². The van der Waals surface area contributed by atoms with Gasteiger partial charge < -0.3 is 20.6 Å². The quantitative estimate of drug-likeness (QED) is 0.610. The Balaban J connectivity index is 2.29. The van der Waals surface area contributed by atoms with Crippen LogP contribution < -0.4 is 10.6 Å². The Morgan fingerprint density at radius 3 is 2.70 bits per heavy atom. The van der Waals surface area contributed by atoms with Crippen LogP contribution in [0.3, 0.4) is 0 Å². The Bertz CT molecular complexity index is 358. The third-order valence-corrected chi connectivity index (χ3v) is 3.60. The molecule has 0 aromatic rings. The van der Waals surface area contributed by atoms with E-state index in [0.29, 0.717) is 18.5 Å². The Kier molecular flexibility index (Phi) is 6.51. The van der Waals surface area contributed by atoms with Gasteiger partial charge in [-0.15, -0.1) is 6.58 Å². The van der Waals surface area contributed by atoms with Crippen molar-refractivity contribution in [2.24, 2.45) is 5.92 Å². The molecule has 1 aliphatic rings. The fourth-order valence-corrected chi connectivity index (χ4v) is 2.33. The molecule has 0 bridgehead atoms. The monoisotopic (exact) mass is 283 g/mol. The third-order valence-electron chi connectivity index (χ3n) is 3.60. The van der Waals surface area contributed by atoms with E-state index in [-0.39, 0.29) is 6.42 Å². The number of amides is 2. The zero-order chi connectivity index (χ0) is 15.1. The summed E-state index contributed by atoms with van der Waals surface area (Å²) < 4.78 is 0. The van der Waals surface area contributed by atoms with Crippen LogP contribution in [0.15, 0.2) is 12.7 Å². The fraction of sp³-hybridized carbons (Fsp3) is 0.714. The highest BCUT2D eigenvalue weighted by molar-refractivity contribution is 5.82. The summed E-state index contributed by atoms with van der Waals surface area (Å²) in [7, 11) is 0. The van der Waals surface area contributed by atoms with Crippen LogP contribution >= 0.6 is 0 Å². The summed E-state index contributed by atoms with van der Waals surface area (Å²) in [5.41, 5.74) is 0. The lowest BCUT2D eigenvalue weighted by molar-refractivity contribution is -0.139. The molecule has 2 amide bonds. The summed E-state index contributed by atoms with van der Waals surface area (Å²) in [5.74, 6) is -0.613. The van der Waals surface area contributed by atoms with Crippen LogP contribution in [-0.4, -0.2) is 53.7 Å². The van der Waals surface area contributed by atoms with E-state index in [1.165, 1.54) is 6.08 Å². The van der Waals surface area contributed by atoms with Crippen molar-refractivity contribution in [2.75, 3.05) is 19.6 Å². The molecular weight excluding hydrogens is 258 g/mol. The maximum absolute atomic E-state index is 11.7. The number of carboxylic acid groups (broad SMARTS) is 1. The van der Waals surface area contributed by atoms with Crippen molar-refractivity contribution < 1.29 is 14.7 Å². The molecule has 2 unspecified atom stereocenters. The average Bonchev–Trinajstić information content (AvgIpc) is 2.84. The van der Waals surface area contributed by atoms with Crippen LogP contribution in [0.4, 0.5) is 4.79 Å². The number of likely N-dealkylation sites (tertiary alicyclic amines) is 1.